The van der Waals surface area contributed by atoms with E-state index in [0.717, 1.165) is 12.1 Å². The molecular formula is C10H16N2O2. The molecule has 0 bridgehead atoms. The van der Waals surface area contributed by atoms with Crippen LogP contribution in [0.2, 0.25) is 0 Å². The number of aliphatic imine (C=N–C) groups is 1. The summed E-state index contributed by atoms with van der Waals surface area (Å²) in [6.45, 7) is 5.96. The number of carbonyl (C=O) groups is 1. The van der Waals surface area contributed by atoms with E-state index in [1.54, 1.807) is 6.20 Å². The first-order chi connectivity index (χ1) is 6.47. The summed E-state index contributed by atoms with van der Waals surface area (Å²) in [7, 11) is 0. The summed E-state index contributed by atoms with van der Waals surface area (Å²) in [6.07, 6.45) is 4.11. The fraction of sp³-hybridized carbons (Fsp3) is 0.600. The number of hydrogen-bond acceptors (Lipinski definition) is 3. The van der Waals surface area contributed by atoms with Crippen molar-refractivity contribution >= 4 is 11.8 Å². The van der Waals surface area contributed by atoms with Crippen LogP contribution in [-0.2, 0) is 4.74 Å². The molecule has 0 atom stereocenters. The van der Waals surface area contributed by atoms with E-state index in [0.29, 0.717) is 6.54 Å². The van der Waals surface area contributed by atoms with Crippen molar-refractivity contribution in [2.24, 2.45) is 4.99 Å². The number of carbonyl (C=O) groups excluding carboxylic acids is 1. The summed E-state index contributed by atoms with van der Waals surface area (Å²) in [6, 6.07) is 0. The SMILES string of the molecule is CC(C)(C)OC(=O)NCC1=NC=CC1. The molecule has 0 radical (unpaired) electrons. The van der Waals surface area contributed by atoms with E-state index < -0.39 is 11.7 Å². The summed E-state index contributed by atoms with van der Waals surface area (Å²) >= 11 is 0. The predicted octanol–water partition coefficient (Wildman–Crippen LogP) is 1.87. The Hall–Kier alpha value is -1.32. The molecule has 0 saturated carbocycles. The first kappa shape index (κ1) is 10.8. The lowest BCUT2D eigenvalue weighted by Gasteiger charge is -2.19. The van der Waals surface area contributed by atoms with Crippen LogP contribution in [0.1, 0.15) is 27.2 Å². The highest BCUT2D eigenvalue weighted by Gasteiger charge is 2.16. The molecule has 0 aromatic carbocycles. The molecular weight excluding hydrogens is 180 g/mol. The first-order valence-corrected chi connectivity index (χ1v) is 4.65. The van der Waals surface area contributed by atoms with E-state index in [-0.39, 0.29) is 0 Å². The van der Waals surface area contributed by atoms with Crippen LogP contribution in [0.15, 0.2) is 17.3 Å². The maximum Gasteiger partial charge on any atom is 0.407 e. The Morgan fingerprint density at radius 2 is 2.36 bits per heavy atom. The molecule has 4 heteroatoms. The summed E-state index contributed by atoms with van der Waals surface area (Å²) in [5.74, 6) is 0. The van der Waals surface area contributed by atoms with Gasteiger partial charge in [0.05, 0.1) is 6.54 Å². The van der Waals surface area contributed by atoms with Gasteiger partial charge >= 0.3 is 6.09 Å². The third-order valence-electron chi connectivity index (χ3n) is 1.55. The van der Waals surface area contributed by atoms with E-state index >= 15 is 0 Å². The third-order valence-corrected chi connectivity index (χ3v) is 1.55. The largest absolute Gasteiger partial charge is 0.444 e. The summed E-state index contributed by atoms with van der Waals surface area (Å²) in [5, 5.41) is 2.65. The van der Waals surface area contributed by atoms with Gasteiger partial charge in [-0.25, -0.2) is 4.79 Å². The number of allylic oxidation sites excluding steroid dienone is 1. The van der Waals surface area contributed by atoms with Gasteiger partial charge in [0, 0.05) is 18.3 Å². The van der Waals surface area contributed by atoms with Crippen molar-refractivity contribution in [3.05, 3.63) is 12.3 Å². The number of alkyl carbamates (subject to hydrolysis) is 1. The minimum absolute atomic E-state index is 0.396. The van der Waals surface area contributed by atoms with Crippen molar-refractivity contribution in [2.75, 3.05) is 6.54 Å². The quantitative estimate of drug-likeness (QED) is 0.733. The summed E-state index contributed by atoms with van der Waals surface area (Å²) in [4.78, 5) is 15.3. The van der Waals surface area contributed by atoms with E-state index in [4.69, 9.17) is 4.74 Å². The van der Waals surface area contributed by atoms with Crippen LogP contribution in [-0.4, -0.2) is 24.0 Å². The molecule has 0 aliphatic carbocycles. The fourth-order valence-corrected chi connectivity index (χ4v) is 1.01. The Morgan fingerprint density at radius 1 is 1.64 bits per heavy atom. The normalized spacial score (nSPS) is 15.2. The number of ether oxygens (including phenoxy) is 1. The molecule has 4 nitrogen and oxygen atoms in total. The van der Waals surface area contributed by atoms with Gasteiger partial charge in [0.15, 0.2) is 0 Å². The maximum absolute atomic E-state index is 11.2. The molecule has 0 aromatic heterocycles. The van der Waals surface area contributed by atoms with Crippen LogP contribution in [0.25, 0.3) is 0 Å². The number of rotatable bonds is 2. The van der Waals surface area contributed by atoms with Gasteiger partial charge in [-0.05, 0) is 20.8 Å². The molecule has 14 heavy (non-hydrogen) atoms. The Kier molecular flexibility index (Phi) is 3.28. The van der Waals surface area contributed by atoms with Crippen molar-refractivity contribution in [2.45, 2.75) is 32.8 Å². The molecule has 1 heterocycles. The Bertz CT molecular complexity index is 274. The molecule has 0 aromatic rings. The van der Waals surface area contributed by atoms with Crippen LogP contribution in [0.3, 0.4) is 0 Å². The van der Waals surface area contributed by atoms with Crippen molar-refractivity contribution < 1.29 is 9.53 Å². The second-order valence-corrected chi connectivity index (χ2v) is 4.14. The molecule has 0 saturated heterocycles. The van der Waals surface area contributed by atoms with Crippen molar-refractivity contribution in [3.63, 3.8) is 0 Å². The second-order valence-electron chi connectivity index (χ2n) is 4.14. The average Bonchev–Trinajstić information content (AvgIpc) is 2.49. The molecule has 78 valence electrons. The van der Waals surface area contributed by atoms with Gasteiger partial charge < -0.3 is 10.1 Å². The van der Waals surface area contributed by atoms with Gasteiger partial charge in [-0.2, -0.15) is 0 Å². The zero-order chi connectivity index (χ0) is 10.6. The minimum Gasteiger partial charge on any atom is -0.444 e. The third kappa shape index (κ3) is 4.07. The average molecular weight is 196 g/mol. The smallest absolute Gasteiger partial charge is 0.407 e. The van der Waals surface area contributed by atoms with Gasteiger partial charge in [-0.3, -0.25) is 4.99 Å². The zero-order valence-electron chi connectivity index (χ0n) is 8.83. The van der Waals surface area contributed by atoms with Gasteiger partial charge in [0.1, 0.15) is 5.60 Å². The van der Waals surface area contributed by atoms with Gasteiger partial charge in [-0.15, -0.1) is 0 Å². The fourth-order valence-electron chi connectivity index (χ4n) is 1.01. The predicted molar refractivity (Wildman–Crippen MR) is 55.4 cm³/mol. The van der Waals surface area contributed by atoms with Crippen molar-refractivity contribution in [1.82, 2.24) is 5.32 Å². The second kappa shape index (κ2) is 4.26. The number of nitrogens with one attached hydrogen (secondary N) is 1. The number of hydrogen-bond donors (Lipinski definition) is 1. The molecule has 1 aliphatic rings. The summed E-state index contributed by atoms with van der Waals surface area (Å²) in [5.41, 5.74) is 0.510. The molecule has 0 fully saturated rings. The lowest BCUT2D eigenvalue weighted by Crippen LogP contribution is -2.35. The van der Waals surface area contributed by atoms with Gasteiger partial charge in [0.2, 0.25) is 0 Å². The van der Waals surface area contributed by atoms with Gasteiger partial charge in [-0.1, -0.05) is 6.08 Å². The lowest BCUT2D eigenvalue weighted by molar-refractivity contribution is 0.0536. The molecule has 0 spiro atoms. The van der Waals surface area contributed by atoms with Crippen molar-refractivity contribution in [3.8, 4) is 0 Å². The standard InChI is InChI=1S/C10H16N2O2/c1-10(2,3)14-9(13)12-7-8-5-4-6-11-8/h4,6H,5,7H2,1-3H3,(H,12,13). The summed E-state index contributed by atoms with van der Waals surface area (Å²) < 4.78 is 5.07. The molecule has 1 amide bonds. The van der Waals surface area contributed by atoms with Gasteiger partial charge in [0.25, 0.3) is 0 Å². The lowest BCUT2D eigenvalue weighted by atomic mass is 10.2. The first-order valence-electron chi connectivity index (χ1n) is 4.65. The van der Waals surface area contributed by atoms with E-state index in [9.17, 15) is 4.79 Å². The highest BCUT2D eigenvalue weighted by atomic mass is 16.6. The topological polar surface area (TPSA) is 50.7 Å². The zero-order valence-corrected chi connectivity index (χ0v) is 8.83. The molecule has 1 rings (SSSR count). The van der Waals surface area contributed by atoms with Crippen molar-refractivity contribution in [1.29, 1.82) is 0 Å². The van der Waals surface area contributed by atoms with E-state index in [2.05, 4.69) is 10.3 Å². The maximum atomic E-state index is 11.2. The van der Waals surface area contributed by atoms with E-state index in [1.807, 2.05) is 26.8 Å². The Balaban J connectivity index is 2.22. The number of nitrogens with zero attached hydrogens (tertiary/aromatic N) is 1. The van der Waals surface area contributed by atoms with Crippen LogP contribution in [0.4, 0.5) is 4.79 Å². The molecule has 1 N–H and O–H groups in total. The Morgan fingerprint density at radius 3 is 2.86 bits per heavy atom. The minimum atomic E-state index is -0.445. The van der Waals surface area contributed by atoms with Crippen LogP contribution in [0, 0.1) is 0 Å². The molecule has 1 aliphatic heterocycles. The molecule has 0 unspecified atom stereocenters. The van der Waals surface area contributed by atoms with Crippen LogP contribution < -0.4 is 5.32 Å². The monoisotopic (exact) mass is 196 g/mol. The van der Waals surface area contributed by atoms with Crippen LogP contribution in [0.5, 0.6) is 0 Å². The highest BCUT2D eigenvalue weighted by molar-refractivity contribution is 5.91. The number of amides is 1. The highest BCUT2D eigenvalue weighted by Crippen LogP contribution is 2.06. The Labute approximate surface area is 84.0 Å². The van der Waals surface area contributed by atoms with E-state index in [1.165, 1.54) is 0 Å². The van der Waals surface area contributed by atoms with Crippen LogP contribution >= 0.6 is 0 Å².